The lowest BCUT2D eigenvalue weighted by Gasteiger charge is -2.22. The second kappa shape index (κ2) is 10.4. The molecule has 2 amide bonds. The van der Waals surface area contributed by atoms with E-state index >= 15 is 0 Å². The van der Waals surface area contributed by atoms with E-state index in [0.29, 0.717) is 24.2 Å². The number of amides is 2. The van der Waals surface area contributed by atoms with Crippen LogP contribution in [0.25, 0.3) is 0 Å². The van der Waals surface area contributed by atoms with Gasteiger partial charge in [-0.2, -0.15) is 0 Å². The number of para-hydroxylation sites is 1. The highest BCUT2D eigenvalue weighted by Gasteiger charge is 2.20. The Hall–Kier alpha value is -3.15. The molecule has 0 heterocycles. The Balaban J connectivity index is 1.96. The van der Waals surface area contributed by atoms with Gasteiger partial charge in [-0.1, -0.05) is 37.3 Å². The van der Waals surface area contributed by atoms with Crippen molar-refractivity contribution in [3.05, 3.63) is 64.7 Å². The van der Waals surface area contributed by atoms with Crippen LogP contribution < -0.4 is 5.32 Å². The van der Waals surface area contributed by atoms with E-state index in [4.69, 9.17) is 4.74 Å². The highest BCUT2D eigenvalue weighted by Crippen LogP contribution is 2.14. The molecule has 0 saturated carbocycles. The molecule has 0 spiro atoms. The molecular weight excluding hydrogens is 368 g/mol. The third-order valence-electron chi connectivity index (χ3n) is 4.75. The van der Waals surface area contributed by atoms with E-state index in [0.717, 1.165) is 16.7 Å². The molecule has 0 aliphatic carbocycles. The van der Waals surface area contributed by atoms with Gasteiger partial charge in [0.25, 0.3) is 5.91 Å². The van der Waals surface area contributed by atoms with Crippen molar-refractivity contribution in [2.75, 3.05) is 25.0 Å². The van der Waals surface area contributed by atoms with Crippen molar-refractivity contribution in [1.82, 2.24) is 4.90 Å². The normalized spacial score (nSPS) is 10.3. The molecular formula is C23H28N2O4. The molecule has 2 aromatic carbocycles. The van der Waals surface area contributed by atoms with Gasteiger partial charge in [-0.15, -0.1) is 0 Å². The van der Waals surface area contributed by atoms with Crippen LogP contribution in [0.15, 0.2) is 42.5 Å². The van der Waals surface area contributed by atoms with E-state index in [1.807, 2.05) is 58.0 Å². The van der Waals surface area contributed by atoms with Gasteiger partial charge in [-0.05, 0) is 56.0 Å². The van der Waals surface area contributed by atoms with E-state index in [1.54, 1.807) is 12.1 Å². The lowest BCUT2D eigenvalue weighted by atomic mass is 10.0. The van der Waals surface area contributed by atoms with Crippen LogP contribution in [0.2, 0.25) is 0 Å². The zero-order chi connectivity index (χ0) is 21.4. The van der Waals surface area contributed by atoms with E-state index in [-0.39, 0.29) is 12.5 Å². The van der Waals surface area contributed by atoms with Crippen LogP contribution in [0.1, 0.15) is 40.4 Å². The Labute approximate surface area is 171 Å². The van der Waals surface area contributed by atoms with Crippen molar-refractivity contribution in [3.8, 4) is 0 Å². The topological polar surface area (TPSA) is 75.7 Å². The maximum atomic E-state index is 12.5. The van der Waals surface area contributed by atoms with Crippen LogP contribution >= 0.6 is 0 Å². The maximum absolute atomic E-state index is 12.5. The van der Waals surface area contributed by atoms with Gasteiger partial charge in [0.15, 0.2) is 6.61 Å². The summed E-state index contributed by atoms with van der Waals surface area (Å²) in [5.74, 6) is -1.23. The number of carbonyl (C=O) groups is 3. The van der Waals surface area contributed by atoms with Crippen LogP contribution in [0.5, 0.6) is 0 Å². The fourth-order valence-electron chi connectivity index (χ4n) is 2.91. The van der Waals surface area contributed by atoms with Gasteiger partial charge in [0, 0.05) is 12.2 Å². The van der Waals surface area contributed by atoms with Gasteiger partial charge in [0.1, 0.15) is 0 Å². The zero-order valence-corrected chi connectivity index (χ0v) is 17.5. The minimum absolute atomic E-state index is 0.0952. The van der Waals surface area contributed by atoms with Crippen molar-refractivity contribution < 1.29 is 19.1 Å². The Morgan fingerprint density at radius 1 is 0.966 bits per heavy atom. The largest absolute Gasteiger partial charge is 0.452 e. The minimum atomic E-state index is -0.541. The monoisotopic (exact) mass is 396 g/mol. The van der Waals surface area contributed by atoms with Gasteiger partial charge in [-0.3, -0.25) is 9.59 Å². The third kappa shape index (κ3) is 6.17. The first kappa shape index (κ1) is 22.1. The molecule has 0 fully saturated rings. The first-order valence-corrected chi connectivity index (χ1v) is 9.70. The molecule has 6 nitrogen and oxygen atoms in total. The van der Waals surface area contributed by atoms with E-state index < -0.39 is 18.5 Å². The number of ether oxygens (including phenoxy) is 1. The summed E-state index contributed by atoms with van der Waals surface area (Å²) >= 11 is 0. The fraction of sp³-hybridized carbons (Fsp3) is 0.348. The number of hydrogen-bond acceptors (Lipinski definition) is 4. The molecule has 0 atom stereocenters. The Morgan fingerprint density at radius 2 is 1.66 bits per heavy atom. The summed E-state index contributed by atoms with van der Waals surface area (Å²) in [5, 5.41) is 2.82. The molecule has 0 aliphatic rings. The molecule has 0 unspecified atom stereocenters. The smallest absolute Gasteiger partial charge is 0.338 e. The van der Waals surface area contributed by atoms with Crippen LogP contribution in [0.4, 0.5) is 5.69 Å². The summed E-state index contributed by atoms with van der Waals surface area (Å²) in [7, 11) is 0. The molecule has 29 heavy (non-hydrogen) atoms. The predicted molar refractivity (Wildman–Crippen MR) is 113 cm³/mol. The highest BCUT2D eigenvalue weighted by atomic mass is 16.5. The summed E-state index contributed by atoms with van der Waals surface area (Å²) in [4.78, 5) is 38.7. The number of nitrogens with one attached hydrogen (secondary N) is 1. The maximum Gasteiger partial charge on any atom is 0.338 e. The van der Waals surface area contributed by atoms with Crippen LogP contribution in [-0.2, 0) is 14.3 Å². The van der Waals surface area contributed by atoms with Gasteiger partial charge < -0.3 is 15.0 Å². The molecule has 1 N–H and O–H groups in total. The predicted octanol–water partition coefficient (Wildman–Crippen LogP) is 3.65. The summed E-state index contributed by atoms with van der Waals surface area (Å²) < 4.78 is 5.21. The van der Waals surface area contributed by atoms with Gasteiger partial charge in [0.05, 0.1) is 12.1 Å². The fourth-order valence-corrected chi connectivity index (χ4v) is 2.91. The lowest BCUT2D eigenvalue weighted by molar-refractivity contribution is -0.137. The van der Waals surface area contributed by atoms with Crippen molar-refractivity contribution >= 4 is 23.5 Å². The first-order valence-electron chi connectivity index (χ1n) is 9.70. The van der Waals surface area contributed by atoms with E-state index in [2.05, 4.69) is 5.32 Å². The molecule has 2 rings (SSSR count). The Bertz CT molecular complexity index is 892. The van der Waals surface area contributed by atoms with Crippen LogP contribution in [0, 0.1) is 20.8 Å². The Kier molecular flexibility index (Phi) is 7.95. The number of aryl methyl sites for hydroxylation is 2. The van der Waals surface area contributed by atoms with Crippen molar-refractivity contribution in [1.29, 1.82) is 0 Å². The zero-order valence-electron chi connectivity index (χ0n) is 17.5. The van der Waals surface area contributed by atoms with Crippen LogP contribution in [0.3, 0.4) is 0 Å². The summed E-state index contributed by atoms with van der Waals surface area (Å²) in [6.45, 7) is 7.48. The number of hydrogen-bond donors (Lipinski definition) is 1. The highest BCUT2D eigenvalue weighted by molar-refractivity contribution is 5.96. The molecule has 2 aromatic rings. The van der Waals surface area contributed by atoms with Crippen molar-refractivity contribution in [2.45, 2.75) is 34.1 Å². The van der Waals surface area contributed by atoms with Crippen molar-refractivity contribution in [2.24, 2.45) is 0 Å². The van der Waals surface area contributed by atoms with Gasteiger partial charge in [-0.25, -0.2) is 4.79 Å². The number of anilines is 1. The molecule has 0 aromatic heterocycles. The van der Waals surface area contributed by atoms with E-state index in [1.165, 1.54) is 4.90 Å². The quantitative estimate of drug-likeness (QED) is 0.691. The first-order chi connectivity index (χ1) is 13.8. The number of rotatable bonds is 8. The SMILES string of the molecule is CCCN(CC(=O)Nc1ccccc1C)C(=O)COC(=O)c1cccc(C)c1C. The molecule has 0 aliphatic heterocycles. The molecule has 154 valence electrons. The summed E-state index contributed by atoms with van der Waals surface area (Å²) in [6.07, 6.45) is 0.689. The lowest BCUT2D eigenvalue weighted by Crippen LogP contribution is -2.40. The number of nitrogens with zero attached hydrogens (tertiary/aromatic N) is 1. The second-order valence-corrected chi connectivity index (χ2v) is 7.00. The van der Waals surface area contributed by atoms with Crippen LogP contribution in [-0.4, -0.2) is 42.4 Å². The van der Waals surface area contributed by atoms with Crippen molar-refractivity contribution in [3.63, 3.8) is 0 Å². The molecule has 0 saturated heterocycles. The standard InChI is InChI=1S/C23H28N2O4/c1-5-13-25(14-21(26)24-20-12-7-6-9-17(20)3)22(27)15-29-23(28)19-11-8-10-16(2)18(19)4/h6-12H,5,13-15H2,1-4H3,(H,24,26). The second-order valence-electron chi connectivity index (χ2n) is 7.00. The number of esters is 1. The Morgan fingerprint density at radius 3 is 2.34 bits per heavy atom. The molecule has 6 heteroatoms. The van der Waals surface area contributed by atoms with E-state index in [9.17, 15) is 14.4 Å². The third-order valence-corrected chi connectivity index (χ3v) is 4.75. The summed E-state index contributed by atoms with van der Waals surface area (Å²) in [6, 6.07) is 12.8. The average Bonchev–Trinajstić information content (AvgIpc) is 2.69. The molecule has 0 radical (unpaired) electrons. The van der Waals surface area contributed by atoms with Gasteiger partial charge >= 0.3 is 5.97 Å². The average molecular weight is 396 g/mol. The summed E-state index contributed by atoms with van der Waals surface area (Å²) in [5.41, 5.74) is 3.90. The van der Waals surface area contributed by atoms with Gasteiger partial charge in [0.2, 0.25) is 5.91 Å². The minimum Gasteiger partial charge on any atom is -0.452 e. The number of carbonyl (C=O) groups excluding carboxylic acids is 3. The number of benzene rings is 2. The molecule has 0 bridgehead atoms.